The van der Waals surface area contributed by atoms with Crippen LogP contribution in [-0.2, 0) is 16.0 Å². The number of hydrogen-bond donors (Lipinski definition) is 2. The SMILES string of the molecule is Nc1cc2c(cc1OCC1CCCO1)CCC(=O)N2. The van der Waals surface area contributed by atoms with Crippen LogP contribution >= 0.6 is 0 Å². The van der Waals surface area contributed by atoms with Gasteiger partial charge in [0.25, 0.3) is 0 Å². The summed E-state index contributed by atoms with van der Waals surface area (Å²) in [7, 11) is 0. The smallest absolute Gasteiger partial charge is 0.224 e. The van der Waals surface area contributed by atoms with Gasteiger partial charge in [-0.25, -0.2) is 0 Å². The van der Waals surface area contributed by atoms with Crippen LogP contribution in [0.5, 0.6) is 5.75 Å². The fourth-order valence-electron chi connectivity index (χ4n) is 2.51. The van der Waals surface area contributed by atoms with Gasteiger partial charge < -0.3 is 20.5 Å². The van der Waals surface area contributed by atoms with Crippen molar-refractivity contribution in [2.24, 2.45) is 0 Å². The summed E-state index contributed by atoms with van der Waals surface area (Å²) >= 11 is 0. The van der Waals surface area contributed by atoms with Gasteiger partial charge in [-0.2, -0.15) is 0 Å². The maximum atomic E-state index is 11.3. The molecule has 1 atom stereocenters. The number of ether oxygens (including phenoxy) is 2. The average molecular weight is 262 g/mol. The zero-order valence-electron chi connectivity index (χ0n) is 10.8. The van der Waals surface area contributed by atoms with Crippen molar-refractivity contribution >= 4 is 17.3 Å². The second kappa shape index (κ2) is 5.09. The molecule has 1 aromatic rings. The van der Waals surface area contributed by atoms with Gasteiger partial charge in [0.15, 0.2) is 0 Å². The lowest BCUT2D eigenvalue weighted by Gasteiger charge is -2.20. The van der Waals surface area contributed by atoms with Gasteiger partial charge in [0, 0.05) is 18.7 Å². The Balaban J connectivity index is 1.72. The van der Waals surface area contributed by atoms with E-state index < -0.39 is 0 Å². The van der Waals surface area contributed by atoms with Crippen LogP contribution in [0.2, 0.25) is 0 Å². The maximum absolute atomic E-state index is 11.3. The van der Waals surface area contributed by atoms with Crippen LogP contribution in [0.4, 0.5) is 11.4 Å². The second-order valence-corrected chi connectivity index (χ2v) is 5.04. The molecule has 1 saturated heterocycles. The summed E-state index contributed by atoms with van der Waals surface area (Å²) in [6, 6.07) is 3.70. The Morgan fingerprint density at radius 1 is 1.42 bits per heavy atom. The van der Waals surface area contributed by atoms with E-state index in [1.807, 2.05) is 6.07 Å². The molecule has 5 heteroatoms. The number of aryl methyl sites for hydroxylation is 1. The summed E-state index contributed by atoms with van der Waals surface area (Å²) < 4.78 is 11.3. The molecule has 2 aliphatic heterocycles. The minimum Gasteiger partial charge on any atom is -0.489 e. The lowest BCUT2D eigenvalue weighted by Crippen LogP contribution is -2.20. The molecule has 3 N–H and O–H groups in total. The summed E-state index contributed by atoms with van der Waals surface area (Å²) in [5.74, 6) is 0.727. The van der Waals surface area contributed by atoms with Crippen LogP contribution in [0.1, 0.15) is 24.8 Å². The van der Waals surface area contributed by atoms with Gasteiger partial charge in [0.1, 0.15) is 12.4 Å². The van der Waals surface area contributed by atoms with Crippen LogP contribution in [0.3, 0.4) is 0 Å². The van der Waals surface area contributed by atoms with Gasteiger partial charge in [-0.1, -0.05) is 0 Å². The molecule has 0 radical (unpaired) electrons. The number of nitrogen functional groups attached to an aromatic ring is 1. The Hall–Kier alpha value is -1.75. The average Bonchev–Trinajstić information content (AvgIpc) is 2.89. The van der Waals surface area contributed by atoms with Gasteiger partial charge in [-0.3, -0.25) is 4.79 Å². The van der Waals surface area contributed by atoms with Gasteiger partial charge in [0.05, 0.1) is 11.8 Å². The molecule has 1 unspecified atom stereocenters. The summed E-state index contributed by atoms with van der Waals surface area (Å²) in [6.07, 6.45) is 3.57. The highest BCUT2D eigenvalue weighted by Crippen LogP contribution is 2.32. The number of nitrogens with one attached hydrogen (secondary N) is 1. The topological polar surface area (TPSA) is 73.6 Å². The van der Waals surface area contributed by atoms with E-state index in [0.717, 1.165) is 37.1 Å². The number of fused-ring (bicyclic) bond motifs is 1. The maximum Gasteiger partial charge on any atom is 0.224 e. The number of carbonyl (C=O) groups is 1. The highest BCUT2D eigenvalue weighted by atomic mass is 16.5. The number of carbonyl (C=O) groups excluding carboxylic acids is 1. The number of amides is 1. The summed E-state index contributed by atoms with van der Waals surface area (Å²) in [5, 5.41) is 2.83. The van der Waals surface area contributed by atoms with Crippen molar-refractivity contribution in [3.63, 3.8) is 0 Å². The fourth-order valence-corrected chi connectivity index (χ4v) is 2.51. The molecular weight excluding hydrogens is 244 g/mol. The zero-order valence-corrected chi connectivity index (χ0v) is 10.8. The monoisotopic (exact) mass is 262 g/mol. The molecule has 0 bridgehead atoms. The number of nitrogens with two attached hydrogens (primary N) is 1. The zero-order chi connectivity index (χ0) is 13.2. The van der Waals surface area contributed by atoms with E-state index in [0.29, 0.717) is 24.5 Å². The second-order valence-electron chi connectivity index (χ2n) is 5.04. The molecule has 0 spiro atoms. The van der Waals surface area contributed by atoms with E-state index in [2.05, 4.69) is 5.32 Å². The molecular formula is C14H18N2O3. The van der Waals surface area contributed by atoms with Gasteiger partial charge in [0.2, 0.25) is 5.91 Å². The predicted octanol–water partition coefficient (Wildman–Crippen LogP) is 1.71. The number of hydrogen-bond acceptors (Lipinski definition) is 4. The highest BCUT2D eigenvalue weighted by molar-refractivity contribution is 5.94. The first-order valence-electron chi connectivity index (χ1n) is 6.69. The third-order valence-corrected chi connectivity index (χ3v) is 3.58. The Morgan fingerprint density at radius 2 is 2.32 bits per heavy atom. The van der Waals surface area contributed by atoms with Crippen LogP contribution in [0.25, 0.3) is 0 Å². The predicted molar refractivity (Wildman–Crippen MR) is 72.3 cm³/mol. The van der Waals surface area contributed by atoms with Crippen LogP contribution in [0.15, 0.2) is 12.1 Å². The minimum absolute atomic E-state index is 0.0416. The lowest BCUT2D eigenvalue weighted by molar-refractivity contribution is -0.116. The molecule has 1 fully saturated rings. The first-order valence-corrected chi connectivity index (χ1v) is 6.69. The molecule has 3 rings (SSSR count). The van der Waals surface area contributed by atoms with Crippen LogP contribution in [0, 0.1) is 0 Å². The number of benzene rings is 1. The normalized spacial score (nSPS) is 21.9. The molecule has 102 valence electrons. The van der Waals surface area contributed by atoms with Crippen molar-refractivity contribution in [3.05, 3.63) is 17.7 Å². The molecule has 0 aliphatic carbocycles. The van der Waals surface area contributed by atoms with E-state index >= 15 is 0 Å². The molecule has 5 nitrogen and oxygen atoms in total. The largest absolute Gasteiger partial charge is 0.489 e. The third kappa shape index (κ3) is 2.66. The lowest BCUT2D eigenvalue weighted by atomic mass is 10.0. The summed E-state index contributed by atoms with van der Waals surface area (Å²) in [5.41, 5.74) is 8.40. The van der Waals surface area contributed by atoms with Crippen molar-refractivity contribution in [1.82, 2.24) is 0 Å². The van der Waals surface area contributed by atoms with Crippen LogP contribution < -0.4 is 15.8 Å². The third-order valence-electron chi connectivity index (χ3n) is 3.58. The van der Waals surface area contributed by atoms with Gasteiger partial charge in [-0.15, -0.1) is 0 Å². The standard InChI is InChI=1S/C14H18N2O3/c15-11-7-12-9(3-4-14(17)16-12)6-13(11)19-8-10-2-1-5-18-10/h6-7,10H,1-5,8,15H2,(H,16,17). The first-order chi connectivity index (χ1) is 9.22. The Morgan fingerprint density at radius 3 is 3.11 bits per heavy atom. The Labute approximate surface area is 112 Å². The first kappa shape index (κ1) is 12.3. The number of anilines is 2. The van der Waals surface area contributed by atoms with Crippen molar-refractivity contribution in [2.75, 3.05) is 24.3 Å². The Kier molecular flexibility index (Phi) is 3.29. The molecule has 19 heavy (non-hydrogen) atoms. The number of rotatable bonds is 3. The Bertz CT molecular complexity index is 496. The van der Waals surface area contributed by atoms with E-state index in [9.17, 15) is 4.79 Å². The molecule has 2 aliphatic rings. The molecule has 1 amide bonds. The van der Waals surface area contributed by atoms with E-state index in [1.165, 1.54) is 0 Å². The molecule has 1 aromatic carbocycles. The quantitative estimate of drug-likeness (QED) is 0.813. The van der Waals surface area contributed by atoms with Crippen molar-refractivity contribution in [3.8, 4) is 5.75 Å². The molecule has 2 heterocycles. The molecule has 0 aromatic heterocycles. The summed E-state index contributed by atoms with van der Waals surface area (Å²) in [6.45, 7) is 1.36. The van der Waals surface area contributed by atoms with Crippen molar-refractivity contribution in [1.29, 1.82) is 0 Å². The van der Waals surface area contributed by atoms with Crippen molar-refractivity contribution in [2.45, 2.75) is 31.8 Å². The minimum atomic E-state index is 0.0416. The van der Waals surface area contributed by atoms with E-state index in [4.69, 9.17) is 15.2 Å². The van der Waals surface area contributed by atoms with Crippen LogP contribution in [-0.4, -0.2) is 25.2 Å². The molecule has 0 saturated carbocycles. The van der Waals surface area contributed by atoms with Gasteiger partial charge >= 0.3 is 0 Å². The van der Waals surface area contributed by atoms with Crippen molar-refractivity contribution < 1.29 is 14.3 Å². The van der Waals surface area contributed by atoms with E-state index in [-0.39, 0.29) is 12.0 Å². The van der Waals surface area contributed by atoms with Gasteiger partial charge in [-0.05, 0) is 37.0 Å². The van der Waals surface area contributed by atoms with E-state index in [1.54, 1.807) is 6.07 Å². The fraction of sp³-hybridized carbons (Fsp3) is 0.500. The highest BCUT2D eigenvalue weighted by Gasteiger charge is 2.19. The summed E-state index contributed by atoms with van der Waals surface area (Å²) in [4.78, 5) is 11.3.